The molecule has 0 aromatic heterocycles. The summed E-state index contributed by atoms with van der Waals surface area (Å²) in [5.74, 6) is -0.0473. The molecule has 0 unspecified atom stereocenters. The highest BCUT2D eigenvalue weighted by molar-refractivity contribution is 5.69. The van der Waals surface area contributed by atoms with E-state index in [9.17, 15) is 4.79 Å². The van der Waals surface area contributed by atoms with Crippen molar-refractivity contribution in [2.75, 3.05) is 6.61 Å². The van der Waals surface area contributed by atoms with Crippen LogP contribution in [0.1, 0.15) is 51.4 Å². The highest BCUT2D eigenvalue weighted by Crippen LogP contribution is 2.10. The molecule has 2 nitrogen and oxygen atoms in total. The van der Waals surface area contributed by atoms with E-state index in [4.69, 9.17) is 4.74 Å². The molecule has 80 valence electrons. The molecule has 0 aliphatic carbocycles. The van der Waals surface area contributed by atoms with E-state index in [2.05, 4.69) is 6.08 Å². The van der Waals surface area contributed by atoms with Crippen molar-refractivity contribution in [3.8, 4) is 0 Å². The van der Waals surface area contributed by atoms with Crippen LogP contribution in [0.25, 0.3) is 0 Å². The van der Waals surface area contributed by atoms with E-state index in [1.165, 1.54) is 32.1 Å². The number of carbonyl (C=O) groups is 1. The molecule has 14 heavy (non-hydrogen) atoms. The Labute approximate surface area is 86.3 Å². The number of rotatable bonds is 0. The summed E-state index contributed by atoms with van der Waals surface area (Å²) in [6, 6.07) is 0. The molecule has 0 aromatic rings. The Morgan fingerprint density at radius 1 is 0.929 bits per heavy atom. The zero-order valence-corrected chi connectivity index (χ0v) is 8.84. The smallest absolute Gasteiger partial charge is 0.306 e. The molecular formula is C12H20O2. The molecular weight excluding hydrogens is 176 g/mol. The zero-order chi connectivity index (χ0) is 10.1. The third-order valence-corrected chi connectivity index (χ3v) is 2.51. The third-order valence-electron chi connectivity index (χ3n) is 2.51. The topological polar surface area (TPSA) is 26.3 Å². The Kier molecular flexibility index (Phi) is 6.13. The Morgan fingerprint density at radius 2 is 1.64 bits per heavy atom. The van der Waals surface area contributed by atoms with Gasteiger partial charge in [0.25, 0.3) is 0 Å². The molecule has 0 amide bonds. The SMILES string of the molecule is O=C1CCCCCCCC/C=C/CO1. The first-order valence-electron chi connectivity index (χ1n) is 5.70. The minimum absolute atomic E-state index is 0.0473. The van der Waals surface area contributed by atoms with Gasteiger partial charge in [0.2, 0.25) is 0 Å². The monoisotopic (exact) mass is 196 g/mol. The minimum Gasteiger partial charge on any atom is -0.461 e. The predicted octanol–water partition coefficient (Wildman–Crippen LogP) is 3.22. The molecule has 0 bridgehead atoms. The van der Waals surface area contributed by atoms with Gasteiger partial charge < -0.3 is 4.74 Å². The summed E-state index contributed by atoms with van der Waals surface area (Å²) in [6.07, 6.45) is 13.1. The van der Waals surface area contributed by atoms with E-state index < -0.39 is 0 Å². The summed E-state index contributed by atoms with van der Waals surface area (Å²) in [5.41, 5.74) is 0. The number of ether oxygens (including phenoxy) is 1. The highest BCUT2D eigenvalue weighted by Gasteiger charge is 2.01. The molecule has 2 heteroatoms. The van der Waals surface area contributed by atoms with Gasteiger partial charge in [-0.1, -0.05) is 37.8 Å². The molecule has 0 atom stereocenters. The summed E-state index contributed by atoms with van der Waals surface area (Å²) < 4.78 is 5.03. The first-order chi connectivity index (χ1) is 6.89. The van der Waals surface area contributed by atoms with Gasteiger partial charge in [-0.25, -0.2) is 0 Å². The number of esters is 1. The van der Waals surface area contributed by atoms with Crippen LogP contribution in [0.3, 0.4) is 0 Å². The second-order valence-electron chi connectivity index (χ2n) is 3.81. The lowest BCUT2D eigenvalue weighted by Gasteiger charge is -2.01. The average molecular weight is 196 g/mol. The van der Waals surface area contributed by atoms with Gasteiger partial charge in [-0.15, -0.1) is 0 Å². The van der Waals surface area contributed by atoms with Gasteiger partial charge in [-0.3, -0.25) is 4.79 Å². The number of hydrogen-bond acceptors (Lipinski definition) is 2. The molecule has 0 radical (unpaired) electrons. The Bertz CT molecular complexity index is 185. The Morgan fingerprint density at radius 3 is 2.50 bits per heavy atom. The first-order valence-corrected chi connectivity index (χ1v) is 5.70. The third kappa shape index (κ3) is 5.79. The van der Waals surface area contributed by atoms with E-state index in [-0.39, 0.29) is 5.97 Å². The maximum Gasteiger partial charge on any atom is 0.306 e. The zero-order valence-electron chi connectivity index (χ0n) is 8.84. The van der Waals surface area contributed by atoms with Crippen molar-refractivity contribution in [1.82, 2.24) is 0 Å². The summed E-state index contributed by atoms with van der Waals surface area (Å²) in [5, 5.41) is 0. The second-order valence-corrected chi connectivity index (χ2v) is 3.81. The van der Waals surface area contributed by atoms with Gasteiger partial charge in [0.15, 0.2) is 0 Å². The molecule has 0 N–H and O–H groups in total. The molecule has 1 rings (SSSR count). The number of hydrogen-bond donors (Lipinski definition) is 0. The maximum atomic E-state index is 11.1. The number of cyclic esters (lactones) is 1. The van der Waals surface area contributed by atoms with Gasteiger partial charge in [0.1, 0.15) is 6.61 Å². The fourth-order valence-corrected chi connectivity index (χ4v) is 1.64. The standard InChI is InChI=1S/C12H20O2/c13-12-10-8-6-4-2-1-3-5-7-9-11-14-12/h7,9H,1-6,8,10-11H2/b9-7+. The van der Waals surface area contributed by atoms with Gasteiger partial charge >= 0.3 is 5.97 Å². The lowest BCUT2D eigenvalue weighted by molar-refractivity contribution is -0.142. The molecule has 0 aromatic carbocycles. The summed E-state index contributed by atoms with van der Waals surface area (Å²) in [7, 11) is 0. The Hall–Kier alpha value is -0.790. The van der Waals surface area contributed by atoms with Crippen molar-refractivity contribution in [2.24, 2.45) is 0 Å². The van der Waals surface area contributed by atoms with Crippen molar-refractivity contribution in [2.45, 2.75) is 51.4 Å². The molecule has 0 saturated heterocycles. The van der Waals surface area contributed by atoms with Gasteiger partial charge in [-0.2, -0.15) is 0 Å². The van der Waals surface area contributed by atoms with Crippen LogP contribution in [0.15, 0.2) is 12.2 Å². The van der Waals surface area contributed by atoms with E-state index in [1.807, 2.05) is 6.08 Å². The van der Waals surface area contributed by atoms with Crippen molar-refractivity contribution < 1.29 is 9.53 Å². The van der Waals surface area contributed by atoms with Crippen LogP contribution >= 0.6 is 0 Å². The maximum absolute atomic E-state index is 11.1. The first kappa shape index (κ1) is 11.3. The highest BCUT2D eigenvalue weighted by atomic mass is 16.5. The van der Waals surface area contributed by atoms with E-state index in [0.717, 1.165) is 12.8 Å². The van der Waals surface area contributed by atoms with Gasteiger partial charge in [-0.05, 0) is 19.3 Å². The van der Waals surface area contributed by atoms with E-state index in [0.29, 0.717) is 13.0 Å². The van der Waals surface area contributed by atoms with Crippen LogP contribution < -0.4 is 0 Å². The van der Waals surface area contributed by atoms with Crippen LogP contribution in [0.5, 0.6) is 0 Å². The van der Waals surface area contributed by atoms with Crippen molar-refractivity contribution in [1.29, 1.82) is 0 Å². The van der Waals surface area contributed by atoms with Gasteiger partial charge in [0, 0.05) is 6.42 Å². The molecule has 0 fully saturated rings. The minimum atomic E-state index is -0.0473. The fraction of sp³-hybridized carbons (Fsp3) is 0.750. The molecule has 1 heterocycles. The lowest BCUT2D eigenvalue weighted by atomic mass is 10.1. The second kappa shape index (κ2) is 7.60. The largest absolute Gasteiger partial charge is 0.461 e. The van der Waals surface area contributed by atoms with Crippen LogP contribution in [-0.2, 0) is 9.53 Å². The van der Waals surface area contributed by atoms with Gasteiger partial charge in [0.05, 0.1) is 0 Å². The molecule has 1 aliphatic heterocycles. The summed E-state index contributed by atoms with van der Waals surface area (Å²) in [4.78, 5) is 11.1. The quantitative estimate of drug-likeness (QED) is 0.439. The van der Waals surface area contributed by atoms with Crippen LogP contribution in [0, 0.1) is 0 Å². The Balaban J connectivity index is 2.23. The summed E-state index contributed by atoms with van der Waals surface area (Å²) in [6.45, 7) is 0.457. The fourth-order valence-electron chi connectivity index (χ4n) is 1.64. The molecule has 1 aliphatic rings. The lowest BCUT2D eigenvalue weighted by Crippen LogP contribution is -2.03. The molecule has 0 spiro atoms. The van der Waals surface area contributed by atoms with Crippen LogP contribution in [0.2, 0.25) is 0 Å². The predicted molar refractivity (Wildman–Crippen MR) is 57.0 cm³/mol. The van der Waals surface area contributed by atoms with E-state index >= 15 is 0 Å². The van der Waals surface area contributed by atoms with E-state index in [1.54, 1.807) is 0 Å². The van der Waals surface area contributed by atoms with Crippen molar-refractivity contribution >= 4 is 5.97 Å². The summed E-state index contributed by atoms with van der Waals surface area (Å²) >= 11 is 0. The van der Waals surface area contributed by atoms with Crippen molar-refractivity contribution in [3.63, 3.8) is 0 Å². The number of carbonyl (C=O) groups excluding carboxylic acids is 1. The number of allylic oxidation sites excluding steroid dienone is 1. The van der Waals surface area contributed by atoms with Crippen molar-refractivity contribution in [3.05, 3.63) is 12.2 Å². The average Bonchev–Trinajstić information content (AvgIpc) is 2.20. The van der Waals surface area contributed by atoms with Crippen LogP contribution in [0.4, 0.5) is 0 Å². The molecule has 0 saturated carbocycles. The normalized spacial score (nSPS) is 23.9. The van der Waals surface area contributed by atoms with Crippen LogP contribution in [-0.4, -0.2) is 12.6 Å².